The Bertz CT molecular complexity index is 410. The lowest BCUT2D eigenvalue weighted by atomic mass is 9.85. The molecule has 0 spiro atoms. The molecule has 1 saturated heterocycles. The first-order valence-corrected chi connectivity index (χ1v) is 7.08. The Morgan fingerprint density at radius 1 is 1.32 bits per heavy atom. The number of aliphatic carboxylic acids is 1. The molecule has 0 amide bonds. The van der Waals surface area contributed by atoms with Gasteiger partial charge in [-0.15, -0.1) is 0 Å². The van der Waals surface area contributed by atoms with E-state index in [9.17, 15) is 4.79 Å². The largest absolute Gasteiger partial charge is 0.481 e. The van der Waals surface area contributed by atoms with Crippen LogP contribution in [0.3, 0.4) is 0 Å². The summed E-state index contributed by atoms with van der Waals surface area (Å²) in [5, 5.41) is 8.90. The molecular weight excluding hydrogens is 238 g/mol. The number of carbonyl (C=O) groups is 1. The number of carboxylic acids is 1. The van der Waals surface area contributed by atoms with Gasteiger partial charge in [-0.05, 0) is 23.8 Å². The highest BCUT2D eigenvalue weighted by molar-refractivity contribution is 5.66. The van der Waals surface area contributed by atoms with Crippen LogP contribution in [0.2, 0.25) is 0 Å². The van der Waals surface area contributed by atoms with Crippen LogP contribution in [-0.2, 0) is 4.79 Å². The standard InChI is InChI=1S/C16H23NO2/c1-12(2)14-10-17(11-14)15(8-9-16(18)19)13-6-4-3-5-7-13/h3-7,12,14-15H,8-11H2,1-2H3,(H,18,19). The highest BCUT2D eigenvalue weighted by Crippen LogP contribution is 2.34. The zero-order chi connectivity index (χ0) is 13.8. The Morgan fingerprint density at radius 3 is 2.47 bits per heavy atom. The van der Waals surface area contributed by atoms with Gasteiger partial charge < -0.3 is 5.11 Å². The molecule has 0 saturated carbocycles. The number of nitrogens with zero attached hydrogens (tertiary/aromatic N) is 1. The number of hydrogen-bond acceptors (Lipinski definition) is 2. The molecule has 104 valence electrons. The van der Waals surface area contributed by atoms with Crippen molar-refractivity contribution in [3.05, 3.63) is 35.9 Å². The number of likely N-dealkylation sites (tertiary alicyclic amines) is 1. The van der Waals surface area contributed by atoms with Gasteiger partial charge in [0.25, 0.3) is 0 Å². The Labute approximate surface area is 115 Å². The molecular formula is C16H23NO2. The molecule has 1 unspecified atom stereocenters. The first-order valence-electron chi connectivity index (χ1n) is 7.08. The third-order valence-corrected chi connectivity index (χ3v) is 4.14. The van der Waals surface area contributed by atoms with Crippen LogP contribution in [0.4, 0.5) is 0 Å². The predicted molar refractivity (Wildman–Crippen MR) is 76.0 cm³/mol. The molecule has 1 aromatic rings. The molecule has 1 atom stereocenters. The van der Waals surface area contributed by atoms with Crippen molar-refractivity contribution in [1.29, 1.82) is 0 Å². The highest BCUT2D eigenvalue weighted by Gasteiger charge is 2.34. The van der Waals surface area contributed by atoms with Gasteiger partial charge in [-0.25, -0.2) is 0 Å². The molecule has 1 aliphatic rings. The maximum absolute atomic E-state index is 10.8. The topological polar surface area (TPSA) is 40.5 Å². The summed E-state index contributed by atoms with van der Waals surface area (Å²) in [6, 6.07) is 10.5. The zero-order valence-electron chi connectivity index (χ0n) is 11.7. The van der Waals surface area contributed by atoms with E-state index in [2.05, 4.69) is 30.9 Å². The van der Waals surface area contributed by atoms with Crippen molar-refractivity contribution in [2.24, 2.45) is 11.8 Å². The Kier molecular flexibility index (Phi) is 4.59. The van der Waals surface area contributed by atoms with Crippen molar-refractivity contribution < 1.29 is 9.90 Å². The van der Waals surface area contributed by atoms with Gasteiger partial charge >= 0.3 is 5.97 Å². The van der Waals surface area contributed by atoms with Crippen molar-refractivity contribution in [3.8, 4) is 0 Å². The molecule has 3 heteroatoms. The Balaban J connectivity index is 2.02. The van der Waals surface area contributed by atoms with Crippen LogP contribution in [0.5, 0.6) is 0 Å². The van der Waals surface area contributed by atoms with Gasteiger partial charge in [-0.2, -0.15) is 0 Å². The molecule has 1 N–H and O–H groups in total. The second kappa shape index (κ2) is 6.20. The Morgan fingerprint density at radius 2 is 1.95 bits per heavy atom. The maximum Gasteiger partial charge on any atom is 0.303 e. The van der Waals surface area contributed by atoms with Crippen molar-refractivity contribution in [2.45, 2.75) is 32.7 Å². The van der Waals surface area contributed by atoms with Crippen molar-refractivity contribution in [1.82, 2.24) is 4.90 Å². The maximum atomic E-state index is 10.8. The van der Waals surface area contributed by atoms with E-state index in [4.69, 9.17) is 5.11 Å². The van der Waals surface area contributed by atoms with Gasteiger partial charge in [0.1, 0.15) is 0 Å². The van der Waals surface area contributed by atoms with E-state index in [1.807, 2.05) is 18.2 Å². The summed E-state index contributed by atoms with van der Waals surface area (Å²) < 4.78 is 0. The minimum Gasteiger partial charge on any atom is -0.481 e. The van der Waals surface area contributed by atoms with Crippen LogP contribution < -0.4 is 0 Å². The van der Waals surface area contributed by atoms with E-state index in [-0.39, 0.29) is 12.5 Å². The van der Waals surface area contributed by atoms with Gasteiger partial charge in [0.05, 0.1) is 0 Å². The number of benzene rings is 1. The van der Waals surface area contributed by atoms with Crippen LogP contribution in [0.15, 0.2) is 30.3 Å². The Hall–Kier alpha value is -1.35. The number of carboxylic acid groups (broad SMARTS) is 1. The van der Waals surface area contributed by atoms with E-state index in [0.29, 0.717) is 12.3 Å². The summed E-state index contributed by atoms with van der Waals surface area (Å²) in [5.41, 5.74) is 1.24. The summed E-state index contributed by atoms with van der Waals surface area (Å²) in [6.07, 6.45) is 0.937. The second-order valence-electron chi connectivity index (χ2n) is 5.82. The van der Waals surface area contributed by atoms with E-state index in [1.54, 1.807) is 0 Å². The average molecular weight is 261 g/mol. The van der Waals surface area contributed by atoms with Crippen molar-refractivity contribution in [2.75, 3.05) is 13.1 Å². The lowest BCUT2D eigenvalue weighted by molar-refractivity contribution is -0.137. The molecule has 1 fully saturated rings. The third-order valence-electron chi connectivity index (χ3n) is 4.14. The molecule has 1 heterocycles. The quantitative estimate of drug-likeness (QED) is 0.855. The molecule has 1 aliphatic heterocycles. The van der Waals surface area contributed by atoms with Crippen LogP contribution >= 0.6 is 0 Å². The summed E-state index contributed by atoms with van der Waals surface area (Å²) in [4.78, 5) is 13.2. The molecule has 0 bridgehead atoms. The van der Waals surface area contributed by atoms with E-state index in [0.717, 1.165) is 19.0 Å². The highest BCUT2D eigenvalue weighted by atomic mass is 16.4. The molecule has 3 nitrogen and oxygen atoms in total. The molecule has 0 radical (unpaired) electrons. The first-order chi connectivity index (χ1) is 9.08. The monoisotopic (exact) mass is 261 g/mol. The predicted octanol–water partition coefficient (Wildman–Crippen LogP) is 3.18. The minimum atomic E-state index is -0.707. The summed E-state index contributed by atoms with van der Waals surface area (Å²) >= 11 is 0. The molecule has 1 aromatic carbocycles. The van der Waals surface area contributed by atoms with Gasteiger partial charge in [-0.1, -0.05) is 44.2 Å². The van der Waals surface area contributed by atoms with Crippen molar-refractivity contribution in [3.63, 3.8) is 0 Å². The zero-order valence-corrected chi connectivity index (χ0v) is 11.7. The molecule has 19 heavy (non-hydrogen) atoms. The summed E-state index contributed by atoms with van der Waals surface area (Å²) in [6.45, 7) is 6.71. The lowest BCUT2D eigenvalue weighted by Gasteiger charge is -2.46. The van der Waals surface area contributed by atoms with Crippen LogP contribution in [0.25, 0.3) is 0 Å². The van der Waals surface area contributed by atoms with Crippen LogP contribution in [0.1, 0.15) is 38.3 Å². The van der Waals surface area contributed by atoms with E-state index < -0.39 is 5.97 Å². The van der Waals surface area contributed by atoms with Crippen molar-refractivity contribution >= 4 is 5.97 Å². The summed E-state index contributed by atoms with van der Waals surface area (Å²) in [7, 11) is 0. The van der Waals surface area contributed by atoms with Gasteiger partial charge in [0.2, 0.25) is 0 Å². The number of rotatable bonds is 6. The minimum absolute atomic E-state index is 0.238. The first kappa shape index (κ1) is 14.1. The molecule has 0 aromatic heterocycles. The SMILES string of the molecule is CC(C)C1CN(C(CCC(=O)O)c2ccccc2)C1. The van der Waals surface area contributed by atoms with Crippen LogP contribution in [0, 0.1) is 11.8 Å². The third kappa shape index (κ3) is 3.57. The molecule has 2 rings (SSSR count). The molecule has 0 aliphatic carbocycles. The second-order valence-corrected chi connectivity index (χ2v) is 5.82. The van der Waals surface area contributed by atoms with Gasteiger partial charge in [0, 0.05) is 25.6 Å². The normalized spacial score (nSPS) is 18.3. The van der Waals surface area contributed by atoms with Gasteiger partial charge in [-0.3, -0.25) is 9.69 Å². The number of hydrogen-bond donors (Lipinski definition) is 1. The van der Waals surface area contributed by atoms with Crippen LogP contribution in [-0.4, -0.2) is 29.1 Å². The van der Waals surface area contributed by atoms with E-state index in [1.165, 1.54) is 5.56 Å². The summed E-state index contributed by atoms with van der Waals surface area (Å²) in [5.74, 6) is 0.769. The smallest absolute Gasteiger partial charge is 0.303 e. The fraction of sp³-hybridized carbons (Fsp3) is 0.562. The van der Waals surface area contributed by atoms with E-state index >= 15 is 0 Å². The fourth-order valence-electron chi connectivity index (χ4n) is 2.72. The van der Waals surface area contributed by atoms with Gasteiger partial charge in [0.15, 0.2) is 0 Å². The fourth-order valence-corrected chi connectivity index (χ4v) is 2.72. The average Bonchev–Trinajstić information content (AvgIpc) is 2.32. The lowest BCUT2D eigenvalue weighted by Crippen LogP contribution is -2.50.